The average Bonchev–Trinajstić information content (AvgIpc) is 3.86. The van der Waals surface area contributed by atoms with Gasteiger partial charge in [0.15, 0.2) is 0 Å². The van der Waals surface area contributed by atoms with Crippen molar-refractivity contribution in [2.75, 3.05) is 19.8 Å². The van der Waals surface area contributed by atoms with Gasteiger partial charge in [0.25, 0.3) is 0 Å². The molecule has 2 heterocycles. The predicted octanol–water partition coefficient (Wildman–Crippen LogP) is 0.361. The quantitative estimate of drug-likeness (QED) is 0.0527. The minimum Gasteiger partial charge on any atom is -0.394 e. The fraction of sp³-hybridized carbons (Fsp3) is 0.595. The summed E-state index contributed by atoms with van der Waals surface area (Å²) >= 11 is 0. The van der Waals surface area contributed by atoms with Crippen LogP contribution in [-0.4, -0.2) is 116 Å². The Morgan fingerprint density at radius 2 is 1.63 bits per heavy atom. The lowest BCUT2D eigenvalue weighted by Crippen LogP contribution is -2.61. The lowest BCUT2D eigenvalue weighted by atomic mass is 10.0. The molecule has 1 unspecified atom stereocenters. The zero-order valence-electron chi connectivity index (χ0n) is 32.8. The summed E-state index contributed by atoms with van der Waals surface area (Å²) in [5, 5.41) is 20.1. The number of rotatable bonds is 24. The molecule has 3 rings (SSSR count). The summed E-state index contributed by atoms with van der Waals surface area (Å²) in [6.45, 7) is 5.60. The molecule has 7 atom stereocenters. The Bertz CT molecular complexity index is 1680. The van der Waals surface area contributed by atoms with Gasteiger partial charge in [0.2, 0.25) is 35.4 Å². The van der Waals surface area contributed by atoms with Crippen molar-refractivity contribution in [1.29, 1.82) is 0 Å². The van der Waals surface area contributed by atoms with Crippen LogP contribution in [0.5, 0.6) is 0 Å². The summed E-state index contributed by atoms with van der Waals surface area (Å²) < 4.78 is 22.8. The maximum atomic E-state index is 13.7. The number of unbranched alkanes of at least 4 members (excludes halogenated alkanes) is 2. The number of hydrogen-bond donors (Lipinski definition) is 8. The van der Waals surface area contributed by atoms with Crippen LogP contribution in [0.15, 0.2) is 42.9 Å². The Labute approximate surface area is 332 Å². The summed E-state index contributed by atoms with van der Waals surface area (Å²) in [5.74, 6) is -4.71. The molecule has 316 valence electrons. The van der Waals surface area contributed by atoms with Gasteiger partial charge in [-0.25, -0.2) is 9.55 Å². The molecule has 19 nitrogen and oxygen atoms in total. The molecule has 9 N–H and O–H groups in total. The first-order chi connectivity index (χ1) is 27.0. The number of aliphatic hydroxyl groups excluding tert-OH is 1. The number of aromatic amines is 1. The van der Waals surface area contributed by atoms with Crippen LogP contribution >= 0.6 is 7.82 Å². The number of carbonyl (C=O) groups is 6. The molecule has 1 fully saturated rings. The number of imidazole rings is 1. The van der Waals surface area contributed by atoms with Crippen LogP contribution in [0.1, 0.15) is 77.5 Å². The fourth-order valence-electron chi connectivity index (χ4n) is 6.36. The maximum absolute atomic E-state index is 13.7. The van der Waals surface area contributed by atoms with Gasteiger partial charge in [-0.1, -0.05) is 50.6 Å². The molecule has 1 saturated heterocycles. The molecule has 2 aromatic rings. The summed E-state index contributed by atoms with van der Waals surface area (Å²) in [4.78, 5) is 96.8. The number of aromatic nitrogens is 2. The van der Waals surface area contributed by atoms with Gasteiger partial charge < -0.3 is 46.9 Å². The van der Waals surface area contributed by atoms with Gasteiger partial charge in [-0.2, -0.15) is 0 Å². The van der Waals surface area contributed by atoms with E-state index in [2.05, 4.69) is 31.2 Å². The number of nitrogens with one attached hydrogen (secondary N) is 5. The monoisotopic (exact) mass is 820 g/mol. The van der Waals surface area contributed by atoms with Gasteiger partial charge in [0.1, 0.15) is 30.2 Å². The minimum absolute atomic E-state index is 0.0677. The van der Waals surface area contributed by atoms with Gasteiger partial charge >= 0.3 is 7.82 Å². The Balaban J connectivity index is 1.63. The summed E-state index contributed by atoms with van der Waals surface area (Å²) in [5.41, 5.74) is 7.08. The molecule has 6 amide bonds. The highest BCUT2D eigenvalue weighted by atomic mass is 31.2. The van der Waals surface area contributed by atoms with Crippen LogP contribution in [0.25, 0.3) is 0 Å². The highest BCUT2D eigenvalue weighted by Gasteiger charge is 2.37. The number of benzene rings is 1. The average molecular weight is 821 g/mol. The highest BCUT2D eigenvalue weighted by molar-refractivity contribution is 7.47. The van der Waals surface area contributed by atoms with Crippen molar-refractivity contribution in [3.8, 4) is 0 Å². The topological polar surface area (TPSA) is 284 Å². The summed E-state index contributed by atoms with van der Waals surface area (Å²) in [7, 11) is -4.71. The second-order valence-electron chi connectivity index (χ2n) is 14.4. The maximum Gasteiger partial charge on any atom is 0.472 e. The summed E-state index contributed by atoms with van der Waals surface area (Å²) in [6.07, 6.45) is 5.23. The van der Waals surface area contributed by atoms with E-state index in [4.69, 9.17) is 14.8 Å². The molecular weight excluding hydrogens is 763 g/mol. The predicted molar refractivity (Wildman–Crippen MR) is 206 cm³/mol. The summed E-state index contributed by atoms with van der Waals surface area (Å²) in [6, 6.07) is 3.25. The third-order valence-corrected chi connectivity index (χ3v) is 10.4. The van der Waals surface area contributed by atoms with Gasteiger partial charge in [-0.3, -0.25) is 37.8 Å². The number of nitrogens with two attached hydrogens (primary N) is 1. The molecule has 0 bridgehead atoms. The Morgan fingerprint density at radius 1 is 0.965 bits per heavy atom. The molecule has 1 aromatic heterocycles. The minimum atomic E-state index is -4.71. The van der Waals surface area contributed by atoms with Crippen LogP contribution < -0.4 is 27.0 Å². The number of phosphoric acid groups is 1. The largest absolute Gasteiger partial charge is 0.472 e. The Kier molecular flexibility index (Phi) is 18.8. The standard InChI is InChI=1S/C37H57N8O11P/c1-23(2)18-28(42-37(52)31-15-11-16-45(31)25(4)47)34(49)41-29(19-27-20-39-22-40-27)35(50)43-30(21-46)36(51)44-32(33(38)48)24(3)56-57(53,54)55-17-10-6-9-14-26-12-7-5-8-13-26/h5,7-8,12-13,20,22-24,28-32,46H,6,9-11,14-19,21H2,1-4H3,(H2,38,48)(H,39,40)(H,41,49)(H,42,52)(H,43,50)(H,44,51)(H,53,54)/t24-,28+,29+,30+,31+,32+/m1/s1. The SMILES string of the molecule is CC(=O)N1CCC[C@H]1C(=O)N[C@@H](CC(C)C)C(=O)N[C@@H](Cc1cnc[nH]1)C(=O)N[C@@H](CO)C(=O)N[C@H](C(N)=O)[C@@H](C)OP(=O)(O)OCCCCCc1ccccc1. The molecule has 0 saturated carbocycles. The number of H-pyrrole nitrogens is 1. The van der Waals surface area contributed by atoms with Gasteiger partial charge in [0, 0.05) is 31.8 Å². The Hall–Kier alpha value is -4.68. The van der Waals surface area contributed by atoms with E-state index in [-0.39, 0.29) is 31.3 Å². The molecule has 1 aromatic carbocycles. The highest BCUT2D eigenvalue weighted by Crippen LogP contribution is 2.45. The lowest BCUT2D eigenvalue weighted by Gasteiger charge is -2.28. The number of likely N-dealkylation sites (tertiary alicyclic amines) is 1. The van der Waals surface area contributed by atoms with Crippen LogP contribution in [0.2, 0.25) is 0 Å². The van der Waals surface area contributed by atoms with Gasteiger partial charge in [0.05, 0.1) is 25.6 Å². The lowest BCUT2D eigenvalue weighted by molar-refractivity contribution is -0.139. The number of aryl methyl sites for hydroxylation is 1. The van der Waals surface area contributed by atoms with Crippen molar-refractivity contribution in [2.24, 2.45) is 11.7 Å². The zero-order chi connectivity index (χ0) is 42.1. The van der Waals surface area contributed by atoms with Crippen molar-refractivity contribution in [2.45, 2.75) is 115 Å². The fourth-order valence-corrected chi connectivity index (χ4v) is 7.32. The van der Waals surface area contributed by atoms with Crippen LogP contribution in [0.4, 0.5) is 0 Å². The second kappa shape index (κ2) is 22.9. The van der Waals surface area contributed by atoms with Crippen molar-refractivity contribution < 1.29 is 52.4 Å². The van der Waals surface area contributed by atoms with E-state index in [1.807, 2.05) is 44.2 Å². The van der Waals surface area contributed by atoms with E-state index in [1.54, 1.807) is 0 Å². The first-order valence-corrected chi connectivity index (χ1v) is 20.6. The number of carbonyl (C=O) groups excluding carboxylic acids is 6. The number of primary amides is 1. The van der Waals surface area contributed by atoms with E-state index in [0.717, 1.165) is 12.8 Å². The van der Waals surface area contributed by atoms with E-state index >= 15 is 0 Å². The third kappa shape index (κ3) is 15.6. The van der Waals surface area contributed by atoms with E-state index in [1.165, 1.54) is 36.8 Å². The third-order valence-electron chi connectivity index (χ3n) is 9.31. The van der Waals surface area contributed by atoms with E-state index < -0.39 is 80.3 Å². The smallest absolute Gasteiger partial charge is 0.394 e. The first kappa shape index (κ1) is 46.7. The van der Waals surface area contributed by atoms with Crippen molar-refractivity contribution in [1.82, 2.24) is 36.1 Å². The van der Waals surface area contributed by atoms with E-state index in [0.29, 0.717) is 37.9 Å². The van der Waals surface area contributed by atoms with Gasteiger partial charge in [-0.15, -0.1) is 0 Å². The molecule has 57 heavy (non-hydrogen) atoms. The van der Waals surface area contributed by atoms with Crippen molar-refractivity contribution in [3.05, 3.63) is 54.1 Å². The number of phosphoric ester groups is 1. The molecule has 1 aliphatic heterocycles. The molecule has 0 aliphatic carbocycles. The molecule has 0 spiro atoms. The van der Waals surface area contributed by atoms with Gasteiger partial charge in [-0.05, 0) is 56.9 Å². The first-order valence-electron chi connectivity index (χ1n) is 19.1. The number of nitrogens with zero attached hydrogens (tertiary/aromatic N) is 2. The van der Waals surface area contributed by atoms with Crippen LogP contribution in [-0.2, 0) is 55.2 Å². The number of hydrogen-bond acceptors (Lipinski definition) is 11. The van der Waals surface area contributed by atoms with Crippen LogP contribution in [0.3, 0.4) is 0 Å². The van der Waals surface area contributed by atoms with Crippen molar-refractivity contribution >= 4 is 43.3 Å². The molecular formula is C37H57N8O11P. The molecule has 1 aliphatic rings. The Morgan fingerprint density at radius 3 is 2.25 bits per heavy atom. The molecule has 20 heteroatoms. The normalized spacial score (nSPS) is 17.7. The van der Waals surface area contributed by atoms with Crippen molar-refractivity contribution in [3.63, 3.8) is 0 Å². The second-order valence-corrected chi connectivity index (χ2v) is 15.9. The van der Waals surface area contributed by atoms with Crippen LogP contribution in [0, 0.1) is 5.92 Å². The number of amides is 6. The number of aliphatic hydroxyl groups is 1. The van der Waals surface area contributed by atoms with E-state index in [9.17, 15) is 43.3 Å². The molecule has 0 radical (unpaired) electrons. The zero-order valence-corrected chi connectivity index (χ0v) is 33.7.